The molecule has 33 heavy (non-hydrogen) atoms. The van der Waals surface area contributed by atoms with Crippen LogP contribution in [0, 0.1) is 13.0 Å². The third-order valence-corrected chi connectivity index (χ3v) is 6.30. The van der Waals surface area contributed by atoms with E-state index in [0.717, 1.165) is 23.7 Å². The highest BCUT2D eigenvalue weighted by Crippen LogP contribution is 2.26. The van der Waals surface area contributed by atoms with Gasteiger partial charge >= 0.3 is 6.03 Å². The van der Waals surface area contributed by atoms with Gasteiger partial charge in [0.2, 0.25) is 0 Å². The minimum absolute atomic E-state index is 0.0322. The van der Waals surface area contributed by atoms with Crippen molar-refractivity contribution in [1.29, 1.82) is 0 Å². The number of benzene rings is 3. The summed E-state index contributed by atoms with van der Waals surface area (Å²) in [4.78, 5) is 38.2. The van der Waals surface area contributed by atoms with E-state index in [0.29, 0.717) is 17.9 Å². The van der Waals surface area contributed by atoms with Gasteiger partial charge in [-0.05, 0) is 105 Å². The van der Waals surface area contributed by atoms with Gasteiger partial charge in [-0.2, -0.15) is 0 Å². The Morgan fingerprint density at radius 1 is 0.970 bits per heavy atom. The number of ether oxygens (including phenoxy) is 1. The van der Waals surface area contributed by atoms with Crippen molar-refractivity contribution in [2.75, 3.05) is 4.90 Å². The van der Waals surface area contributed by atoms with Gasteiger partial charge in [-0.3, -0.25) is 14.9 Å². The van der Waals surface area contributed by atoms with E-state index in [1.807, 2.05) is 24.3 Å². The Bertz CT molecular complexity index is 1290. The van der Waals surface area contributed by atoms with Gasteiger partial charge in [-0.15, -0.1) is 0 Å². The van der Waals surface area contributed by atoms with Crippen LogP contribution in [0.5, 0.6) is 5.75 Å². The zero-order chi connectivity index (χ0) is 23.5. The summed E-state index contributed by atoms with van der Waals surface area (Å²) in [5.41, 5.74) is 1.41. The Morgan fingerprint density at radius 3 is 2.42 bits per heavy atom. The van der Waals surface area contributed by atoms with Crippen molar-refractivity contribution in [3.05, 3.63) is 96.4 Å². The SMILES string of the molecule is O=C1NC(=O)N(c2cccc(F)c2)C(=O)/C1=C/c1ccc(OCc2ccc(I)cc2)c(I)c1. The molecule has 3 aromatic carbocycles. The van der Waals surface area contributed by atoms with E-state index in [2.05, 4.69) is 50.5 Å². The highest BCUT2D eigenvalue weighted by atomic mass is 127. The Labute approximate surface area is 216 Å². The van der Waals surface area contributed by atoms with E-state index in [-0.39, 0.29) is 11.3 Å². The molecular formula is C24H15FI2N2O4. The van der Waals surface area contributed by atoms with Crippen molar-refractivity contribution in [2.24, 2.45) is 0 Å². The number of imide groups is 2. The van der Waals surface area contributed by atoms with Gasteiger partial charge in [0, 0.05) is 3.57 Å². The van der Waals surface area contributed by atoms with Gasteiger partial charge in [-0.25, -0.2) is 14.1 Å². The predicted octanol–water partition coefficient (Wildman–Crippen LogP) is 5.28. The van der Waals surface area contributed by atoms with Crippen LogP contribution in [0.2, 0.25) is 0 Å². The number of carbonyl (C=O) groups is 3. The number of hydrogen-bond donors (Lipinski definition) is 1. The predicted molar refractivity (Wildman–Crippen MR) is 138 cm³/mol. The van der Waals surface area contributed by atoms with E-state index >= 15 is 0 Å². The van der Waals surface area contributed by atoms with Crippen LogP contribution in [-0.4, -0.2) is 17.8 Å². The summed E-state index contributed by atoms with van der Waals surface area (Å²) in [6.45, 7) is 0.402. The molecule has 0 saturated carbocycles. The second-order valence-electron chi connectivity index (χ2n) is 7.04. The summed E-state index contributed by atoms with van der Waals surface area (Å²) in [6, 6.07) is 17.3. The van der Waals surface area contributed by atoms with Crippen molar-refractivity contribution in [2.45, 2.75) is 6.61 Å². The molecule has 3 aromatic rings. The van der Waals surface area contributed by atoms with Crippen LogP contribution in [0.25, 0.3) is 6.08 Å². The molecule has 1 aliphatic rings. The number of nitrogens with zero attached hydrogens (tertiary/aromatic N) is 1. The fraction of sp³-hybridized carbons (Fsp3) is 0.0417. The number of barbiturate groups is 1. The molecule has 1 saturated heterocycles. The van der Waals surface area contributed by atoms with Crippen LogP contribution in [0.1, 0.15) is 11.1 Å². The van der Waals surface area contributed by atoms with Gasteiger partial charge < -0.3 is 4.74 Å². The van der Waals surface area contributed by atoms with Crippen LogP contribution >= 0.6 is 45.2 Å². The molecule has 0 unspecified atom stereocenters. The summed E-state index contributed by atoms with van der Waals surface area (Å²) >= 11 is 4.35. The van der Waals surface area contributed by atoms with Crippen molar-refractivity contribution in [3.63, 3.8) is 0 Å². The summed E-state index contributed by atoms with van der Waals surface area (Å²) in [7, 11) is 0. The number of amides is 4. The van der Waals surface area contributed by atoms with E-state index < -0.39 is 23.7 Å². The zero-order valence-electron chi connectivity index (χ0n) is 16.8. The van der Waals surface area contributed by atoms with E-state index in [1.165, 1.54) is 24.3 Å². The molecule has 4 amide bonds. The molecule has 4 rings (SSSR count). The highest BCUT2D eigenvalue weighted by Gasteiger charge is 2.36. The molecule has 166 valence electrons. The average Bonchev–Trinajstić information content (AvgIpc) is 2.77. The molecule has 0 aliphatic carbocycles. The monoisotopic (exact) mass is 668 g/mol. The first-order chi connectivity index (χ1) is 15.8. The molecular weight excluding hydrogens is 653 g/mol. The van der Waals surface area contributed by atoms with Crippen molar-refractivity contribution >= 4 is 74.8 Å². The molecule has 9 heteroatoms. The number of nitrogens with one attached hydrogen (secondary N) is 1. The number of rotatable bonds is 5. The lowest BCUT2D eigenvalue weighted by molar-refractivity contribution is -0.122. The lowest BCUT2D eigenvalue weighted by atomic mass is 10.1. The number of halogens is 3. The Kier molecular flexibility index (Phi) is 7.08. The second kappa shape index (κ2) is 10.00. The molecule has 1 heterocycles. The first-order valence-corrected chi connectivity index (χ1v) is 11.8. The lowest BCUT2D eigenvalue weighted by Gasteiger charge is -2.26. The van der Waals surface area contributed by atoms with Crippen LogP contribution < -0.4 is 15.0 Å². The van der Waals surface area contributed by atoms with Crippen molar-refractivity contribution < 1.29 is 23.5 Å². The largest absolute Gasteiger partial charge is 0.488 e. The fourth-order valence-electron chi connectivity index (χ4n) is 3.14. The van der Waals surface area contributed by atoms with E-state index in [9.17, 15) is 18.8 Å². The quantitative estimate of drug-likeness (QED) is 0.228. The normalized spacial score (nSPS) is 15.1. The van der Waals surface area contributed by atoms with Gasteiger partial charge in [0.15, 0.2) is 0 Å². The standard InChI is InChI=1S/C24H15FI2N2O4/c25-16-2-1-3-18(12-16)29-23(31)19(22(30)28-24(29)32)10-15-6-9-21(20(27)11-15)33-13-14-4-7-17(26)8-5-14/h1-12H,13H2,(H,28,30,32)/b19-10+. The topological polar surface area (TPSA) is 75.7 Å². The molecule has 0 spiro atoms. The highest BCUT2D eigenvalue weighted by molar-refractivity contribution is 14.1. The maximum Gasteiger partial charge on any atom is 0.335 e. The summed E-state index contributed by atoms with van der Waals surface area (Å²) in [5, 5.41) is 2.13. The first kappa shape index (κ1) is 23.4. The first-order valence-electron chi connectivity index (χ1n) is 9.65. The molecule has 0 radical (unpaired) electrons. The van der Waals surface area contributed by atoms with Gasteiger partial charge in [0.05, 0.1) is 9.26 Å². The minimum Gasteiger partial charge on any atom is -0.488 e. The van der Waals surface area contributed by atoms with E-state index in [1.54, 1.807) is 18.2 Å². The van der Waals surface area contributed by atoms with Gasteiger partial charge in [0.25, 0.3) is 11.8 Å². The lowest BCUT2D eigenvalue weighted by Crippen LogP contribution is -2.54. The number of hydrogen-bond acceptors (Lipinski definition) is 4. The smallest absolute Gasteiger partial charge is 0.335 e. The van der Waals surface area contributed by atoms with Crippen LogP contribution in [0.4, 0.5) is 14.9 Å². The Balaban J connectivity index is 1.56. The Morgan fingerprint density at radius 2 is 1.73 bits per heavy atom. The number of urea groups is 1. The minimum atomic E-state index is -0.929. The second-order valence-corrected chi connectivity index (χ2v) is 9.45. The van der Waals surface area contributed by atoms with Gasteiger partial charge in [-0.1, -0.05) is 24.3 Å². The van der Waals surface area contributed by atoms with Crippen LogP contribution in [0.3, 0.4) is 0 Å². The molecule has 0 aromatic heterocycles. The summed E-state index contributed by atoms with van der Waals surface area (Å²) < 4.78 is 21.4. The van der Waals surface area contributed by atoms with E-state index in [4.69, 9.17) is 4.74 Å². The van der Waals surface area contributed by atoms with Crippen molar-refractivity contribution in [1.82, 2.24) is 5.32 Å². The molecule has 1 fully saturated rings. The maximum atomic E-state index is 13.6. The summed E-state index contributed by atoms with van der Waals surface area (Å²) in [5.74, 6) is -1.59. The number of anilines is 1. The fourth-order valence-corrected chi connectivity index (χ4v) is 4.19. The maximum absolute atomic E-state index is 13.6. The molecule has 0 bridgehead atoms. The van der Waals surface area contributed by atoms with Crippen LogP contribution in [-0.2, 0) is 16.2 Å². The summed E-state index contributed by atoms with van der Waals surface area (Å²) in [6.07, 6.45) is 1.39. The Hall–Kier alpha value is -2.80. The van der Waals surface area contributed by atoms with Crippen LogP contribution in [0.15, 0.2) is 72.3 Å². The molecule has 1 aliphatic heterocycles. The third kappa shape index (κ3) is 5.41. The molecule has 1 N–H and O–H groups in total. The van der Waals surface area contributed by atoms with Gasteiger partial charge in [0.1, 0.15) is 23.7 Å². The molecule has 0 atom stereocenters. The number of carbonyl (C=O) groups excluding carboxylic acids is 3. The average molecular weight is 668 g/mol. The third-order valence-electron chi connectivity index (χ3n) is 4.74. The molecule has 6 nitrogen and oxygen atoms in total. The van der Waals surface area contributed by atoms with Crippen molar-refractivity contribution in [3.8, 4) is 5.75 Å². The zero-order valence-corrected chi connectivity index (χ0v) is 21.2.